The number of amides is 2. The zero-order chi connectivity index (χ0) is 27.0. The van der Waals surface area contributed by atoms with Crippen LogP contribution in [0.5, 0.6) is 0 Å². The Hall–Kier alpha value is -3.13. The van der Waals surface area contributed by atoms with Gasteiger partial charge in [0.05, 0.1) is 16.1 Å². The molecule has 0 spiro atoms. The SMILES string of the molecule is CCC(CC)Nc1cc(C(=O)N[C@H]2C[C@H]3CC[C@@H](C2)N3c2ccc(C(=O)C3CC3)cn2)c(Cl)cc1C(N)=O. The smallest absolute Gasteiger partial charge is 0.253 e. The van der Waals surface area contributed by atoms with E-state index in [2.05, 4.69) is 34.4 Å². The number of halogens is 1. The summed E-state index contributed by atoms with van der Waals surface area (Å²) in [6.07, 6.45) is 9.13. The number of pyridine rings is 1. The van der Waals surface area contributed by atoms with E-state index in [4.69, 9.17) is 17.3 Å². The number of Topliss-reactive ketones (excluding diaryl/α,β-unsaturated/α-hetero) is 1. The third-order valence-corrected chi connectivity index (χ3v) is 8.59. The molecule has 1 aliphatic carbocycles. The first kappa shape index (κ1) is 26.5. The lowest BCUT2D eigenvalue weighted by Crippen LogP contribution is -2.50. The van der Waals surface area contributed by atoms with Gasteiger partial charge in [0.25, 0.3) is 11.8 Å². The molecule has 5 rings (SSSR count). The van der Waals surface area contributed by atoms with Crippen LogP contribution in [-0.4, -0.2) is 46.7 Å². The number of rotatable bonds is 10. The number of fused-ring (bicyclic) bond motifs is 2. The summed E-state index contributed by atoms with van der Waals surface area (Å²) in [6.45, 7) is 4.12. The van der Waals surface area contributed by atoms with E-state index in [1.54, 1.807) is 12.3 Å². The maximum atomic E-state index is 13.3. The lowest BCUT2D eigenvalue weighted by atomic mass is 9.96. The molecular formula is C29H36ClN5O3. The van der Waals surface area contributed by atoms with E-state index < -0.39 is 5.91 Å². The summed E-state index contributed by atoms with van der Waals surface area (Å²) in [5, 5.41) is 6.74. The van der Waals surface area contributed by atoms with E-state index in [0.29, 0.717) is 16.8 Å². The van der Waals surface area contributed by atoms with Crippen molar-refractivity contribution >= 4 is 40.7 Å². The number of aromatic nitrogens is 1. The van der Waals surface area contributed by atoms with Crippen LogP contribution in [0.25, 0.3) is 0 Å². The molecule has 3 heterocycles. The Morgan fingerprint density at radius 3 is 2.29 bits per heavy atom. The van der Waals surface area contributed by atoms with Gasteiger partial charge < -0.3 is 21.3 Å². The lowest BCUT2D eigenvalue weighted by molar-refractivity contribution is 0.0924. The van der Waals surface area contributed by atoms with Gasteiger partial charge >= 0.3 is 0 Å². The topological polar surface area (TPSA) is 117 Å². The van der Waals surface area contributed by atoms with Crippen LogP contribution in [0.2, 0.25) is 5.02 Å². The number of benzene rings is 1. The van der Waals surface area contributed by atoms with Gasteiger partial charge in [0.1, 0.15) is 5.82 Å². The summed E-state index contributed by atoms with van der Waals surface area (Å²) in [6, 6.07) is 7.71. The average molecular weight is 538 g/mol. The molecule has 1 saturated carbocycles. The molecule has 2 aromatic rings. The van der Waals surface area contributed by atoms with Gasteiger partial charge in [-0.3, -0.25) is 14.4 Å². The molecule has 3 fully saturated rings. The maximum absolute atomic E-state index is 13.3. The van der Waals surface area contributed by atoms with Gasteiger partial charge in [-0.15, -0.1) is 0 Å². The largest absolute Gasteiger partial charge is 0.382 e. The van der Waals surface area contributed by atoms with E-state index >= 15 is 0 Å². The molecule has 2 bridgehead atoms. The van der Waals surface area contributed by atoms with Crippen molar-refractivity contribution in [3.05, 3.63) is 52.2 Å². The molecule has 2 saturated heterocycles. The van der Waals surface area contributed by atoms with E-state index in [1.807, 2.05) is 12.1 Å². The number of nitrogens with one attached hydrogen (secondary N) is 2. The second-order valence-corrected chi connectivity index (χ2v) is 11.3. The van der Waals surface area contributed by atoms with Crippen molar-refractivity contribution in [2.75, 3.05) is 10.2 Å². The molecule has 2 amide bonds. The van der Waals surface area contributed by atoms with Crippen molar-refractivity contribution in [3.63, 3.8) is 0 Å². The van der Waals surface area contributed by atoms with Gasteiger partial charge in [0, 0.05) is 47.5 Å². The van der Waals surface area contributed by atoms with Crippen LogP contribution in [0.1, 0.15) is 96.3 Å². The first-order valence-corrected chi connectivity index (χ1v) is 14.2. The molecule has 0 radical (unpaired) electrons. The zero-order valence-electron chi connectivity index (χ0n) is 22.0. The fourth-order valence-electron chi connectivity index (χ4n) is 5.98. The zero-order valence-corrected chi connectivity index (χ0v) is 22.8. The van der Waals surface area contributed by atoms with Gasteiger partial charge in [-0.25, -0.2) is 4.98 Å². The Morgan fingerprint density at radius 2 is 1.74 bits per heavy atom. The Morgan fingerprint density at radius 1 is 1.05 bits per heavy atom. The summed E-state index contributed by atoms with van der Waals surface area (Å²) >= 11 is 6.46. The molecule has 1 aromatic heterocycles. The van der Waals surface area contributed by atoms with E-state index in [-0.39, 0.29) is 52.4 Å². The van der Waals surface area contributed by atoms with Gasteiger partial charge in [-0.2, -0.15) is 0 Å². The molecule has 202 valence electrons. The van der Waals surface area contributed by atoms with Crippen LogP contribution >= 0.6 is 11.6 Å². The van der Waals surface area contributed by atoms with Crippen LogP contribution in [-0.2, 0) is 0 Å². The molecule has 8 nitrogen and oxygen atoms in total. The van der Waals surface area contributed by atoms with Gasteiger partial charge in [0.15, 0.2) is 5.78 Å². The summed E-state index contributed by atoms with van der Waals surface area (Å²) < 4.78 is 0. The molecule has 3 aliphatic rings. The maximum Gasteiger partial charge on any atom is 0.253 e. The number of nitrogens with zero attached hydrogens (tertiary/aromatic N) is 2. The molecule has 2 aliphatic heterocycles. The van der Waals surface area contributed by atoms with E-state index in [9.17, 15) is 14.4 Å². The minimum absolute atomic E-state index is 0.00860. The third kappa shape index (κ3) is 5.37. The number of primary amides is 1. The first-order chi connectivity index (χ1) is 18.3. The highest BCUT2D eigenvalue weighted by Crippen LogP contribution is 2.39. The predicted octanol–water partition coefficient (Wildman–Crippen LogP) is 4.96. The second kappa shape index (κ2) is 10.9. The van der Waals surface area contributed by atoms with Crippen molar-refractivity contribution in [3.8, 4) is 0 Å². The van der Waals surface area contributed by atoms with Crippen molar-refractivity contribution < 1.29 is 14.4 Å². The molecule has 3 atom stereocenters. The highest BCUT2D eigenvalue weighted by atomic mass is 35.5. The van der Waals surface area contributed by atoms with Crippen molar-refractivity contribution in [2.24, 2.45) is 11.7 Å². The van der Waals surface area contributed by atoms with Crippen molar-refractivity contribution in [1.29, 1.82) is 0 Å². The van der Waals surface area contributed by atoms with Gasteiger partial charge in [0.2, 0.25) is 0 Å². The Labute approximate surface area is 228 Å². The number of hydrogen-bond acceptors (Lipinski definition) is 6. The van der Waals surface area contributed by atoms with Gasteiger partial charge in [-0.1, -0.05) is 25.4 Å². The number of anilines is 2. The Bertz CT molecular complexity index is 1210. The van der Waals surface area contributed by atoms with E-state index in [0.717, 1.165) is 57.2 Å². The fraction of sp³-hybridized carbons (Fsp3) is 0.517. The van der Waals surface area contributed by atoms with Gasteiger partial charge in [-0.05, 0) is 75.6 Å². The molecule has 4 N–H and O–H groups in total. The van der Waals surface area contributed by atoms with E-state index in [1.165, 1.54) is 6.07 Å². The minimum atomic E-state index is -0.588. The second-order valence-electron chi connectivity index (χ2n) is 10.9. The Balaban J connectivity index is 1.27. The van der Waals surface area contributed by atoms with Crippen LogP contribution in [0, 0.1) is 5.92 Å². The molecule has 1 aromatic carbocycles. The number of nitrogens with two attached hydrogens (primary N) is 1. The van der Waals surface area contributed by atoms with Crippen molar-refractivity contribution in [1.82, 2.24) is 10.3 Å². The van der Waals surface area contributed by atoms with Crippen LogP contribution in [0.15, 0.2) is 30.5 Å². The number of hydrogen-bond donors (Lipinski definition) is 3. The lowest BCUT2D eigenvalue weighted by Gasteiger charge is -2.40. The number of ketones is 1. The molecule has 9 heteroatoms. The minimum Gasteiger partial charge on any atom is -0.382 e. The quantitative estimate of drug-likeness (QED) is 0.369. The highest BCUT2D eigenvalue weighted by molar-refractivity contribution is 6.34. The number of carbonyl (C=O) groups excluding carboxylic acids is 3. The average Bonchev–Trinajstić information content (AvgIpc) is 3.72. The monoisotopic (exact) mass is 537 g/mol. The van der Waals surface area contributed by atoms with Crippen LogP contribution in [0.4, 0.5) is 11.5 Å². The molecule has 38 heavy (non-hydrogen) atoms. The third-order valence-electron chi connectivity index (χ3n) is 8.28. The van der Waals surface area contributed by atoms with Crippen molar-refractivity contribution in [2.45, 2.75) is 89.4 Å². The summed E-state index contributed by atoms with van der Waals surface area (Å²) in [4.78, 5) is 44.7. The summed E-state index contributed by atoms with van der Waals surface area (Å²) in [5.41, 5.74) is 7.43. The standard InChI is InChI=1S/C29H36ClN5O3/c1-3-18(4-2)33-25-14-22(24(30)13-23(25)28(31)37)29(38)34-19-11-20-8-9-21(12-19)35(20)26-10-7-17(15-32-26)27(36)16-5-6-16/h7,10,13-16,18-21,33H,3-6,8-9,11-12H2,1-2H3,(H2,31,37)(H,34,38)/t19-,20+,21-. The Kier molecular flexibility index (Phi) is 7.61. The van der Waals surface area contributed by atoms with Crippen LogP contribution in [0.3, 0.4) is 0 Å². The molecular weight excluding hydrogens is 502 g/mol. The number of piperidine rings is 1. The predicted molar refractivity (Wildman–Crippen MR) is 149 cm³/mol. The number of carbonyl (C=O) groups is 3. The summed E-state index contributed by atoms with van der Waals surface area (Å²) in [5.74, 6) is 0.448. The highest BCUT2D eigenvalue weighted by Gasteiger charge is 2.42. The molecule has 0 unspecified atom stereocenters. The normalized spacial score (nSPS) is 22.4. The summed E-state index contributed by atoms with van der Waals surface area (Å²) in [7, 11) is 0. The van der Waals surface area contributed by atoms with Crippen LogP contribution < -0.4 is 21.3 Å². The fourth-order valence-corrected chi connectivity index (χ4v) is 6.23. The first-order valence-electron chi connectivity index (χ1n) is 13.8.